The second-order valence-electron chi connectivity index (χ2n) is 45.0. The van der Waals surface area contributed by atoms with Crippen LogP contribution in [0.5, 0.6) is 69.0 Å². The number of carbonyl (C=O) groups is 1. The van der Waals surface area contributed by atoms with Crippen molar-refractivity contribution < 1.29 is 66.7 Å². The highest BCUT2D eigenvalue weighted by atomic mass is 16.6. The monoisotopic (exact) mass is 2100 g/mol. The highest BCUT2D eigenvalue weighted by molar-refractivity contribution is 5.89. The summed E-state index contributed by atoms with van der Waals surface area (Å²) in [6, 6.07) is 15.7. The van der Waals surface area contributed by atoms with Crippen molar-refractivity contribution in [1.82, 2.24) is 0 Å². The van der Waals surface area contributed by atoms with Gasteiger partial charge in [0, 0.05) is 0 Å². The summed E-state index contributed by atoms with van der Waals surface area (Å²) in [6.07, 6.45) is 111. The molecule has 0 fully saturated rings. The average molecular weight is 2100 g/mol. The maximum Gasteiger partial charge on any atom is 0.335 e. The molecule has 4 aromatic carbocycles. The Bertz CT molecular complexity index is 3320. The largest absolute Gasteiger partial charge is 0.490 e. The molecule has 0 amide bonds. The van der Waals surface area contributed by atoms with Gasteiger partial charge in [-0.1, -0.05) is 582 Å². The van der Waals surface area contributed by atoms with Crippen molar-refractivity contribution in [3.05, 3.63) is 70.8 Å². The number of hydrogen-bond donors (Lipinski definition) is 1. The molecule has 0 bridgehead atoms. The van der Waals surface area contributed by atoms with E-state index in [2.05, 4.69) is 98.7 Å². The Balaban J connectivity index is 2.03. The first-order chi connectivity index (χ1) is 74.2. The average Bonchev–Trinajstić information content (AvgIpc) is 0.797. The number of rotatable bonds is 118. The Hall–Kier alpha value is -6.05. The van der Waals surface area contributed by atoms with E-state index < -0.39 is 5.97 Å². The molecule has 0 unspecified atom stereocenters. The van der Waals surface area contributed by atoms with E-state index in [4.69, 9.17) is 56.8 Å². The van der Waals surface area contributed by atoms with E-state index in [1.165, 1.54) is 462 Å². The number of hydrogen-bond acceptors (Lipinski definition) is 13. The maximum absolute atomic E-state index is 14.1. The molecule has 0 saturated heterocycles. The van der Waals surface area contributed by atoms with Gasteiger partial charge in [-0.3, -0.25) is 0 Å². The Morgan fingerprint density at radius 3 is 0.400 bits per heavy atom. The van der Waals surface area contributed by atoms with Crippen LogP contribution in [-0.4, -0.2) is 70.5 Å². The summed E-state index contributed by atoms with van der Waals surface area (Å²) in [5.74, 6) is 5.35. The topological polar surface area (TPSA) is 148 Å². The number of ether oxygens (including phenoxy) is 12. The molecule has 0 spiro atoms. The molecule has 14 nitrogen and oxygen atoms in total. The number of aromatic carboxylic acids is 1. The highest BCUT2D eigenvalue weighted by Gasteiger charge is 2.26. The minimum absolute atomic E-state index is 0.00455. The summed E-state index contributed by atoms with van der Waals surface area (Å²) >= 11 is 0. The number of benzene rings is 4. The van der Waals surface area contributed by atoms with Gasteiger partial charge in [-0.05, 0) is 123 Å². The molecule has 0 atom stereocenters. The summed E-state index contributed by atoms with van der Waals surface area (Å²) in [6.45, 7) is 25.6. The van der Waals surface area contributed by atoms with Crippen LogP contribution in [0.1, 0.15) is 667 Å². The summed E-state index contributed by atoms with van der Waals surface area (Å²) in [5, 5.41) is 11.5. The third kappa shape index (κ3) is 75.0. The van der Waals surface area contributed by atoms with Gasteiger partial charge in [-0.15, -0.1) is 0 Å². The minimum atomic E-state index is -1.12. The molecular weight excluding hydrogens is 1860 g/mol. The molecule has 0 radical (unpaired) electrons. The van der Waals surface area contributed by atoms with Gasteiger partial charge >= 0.3 is 5.97 Å². The molecule has 150 heavy (non-hydrogen) atoms. The van der Waals surface area contributed by atoms with Crippen molar-refractivity contribution in [2.24, 2.45) is 0 Å². The number of carboxylic acids is 1. The lowest BCUT2D eigenvalue weighted by atomic mass is 10.1. The Morgan fingerprint density at radius 2 is 0.260 bits per heavy atom. The summed E-state index contributed by atoms with van der Waals surface area (Å²) in [7, 11) is 0. The van der Waals surface area contributed by atoms with E-state index >= 15 is 0 Å². The van der Waals surface area contributed by atoms with Crippen LogP contribution >= 0.6 is 0 Å². The summed E-state index contributed by atoms with van der Waals surface area (Å²) in [4.78, 5) is 14.1. The Morgan fingerprint density at radius 1 is 0.147 bits per heavy atom. The van der Waals surface area contributed by atoms with E-state index in [1.54, 1.807) is 12.1 Å². The molecular formula is C136H240O14. The molecule has 4 rings (SSSR count). The first-order valence-electron chi connectivity index (χ1n) is 65.6. The molecule has 0 aliphatic carbocycles. The lowest BCUT2D eigenvalue weighted by molar-refractivity contribution is 0.0695. The van der Waals surface area contributed by atoms with Gasteiger partial charge in [-0.2, -0.15) is 0 Å². The molecule has 4 aromatic rings. The van der Waals surface area contributed by atoms with Crippen LogP contribution in [0, 0.1) is 0 Å². The molecule has 0 aliphatic rings. The van der Waals surface area contributed by atoms with Gasteiger partial charge in [0.2, 0.25) is 23.0 Å². The molecule has 14 heteroatoms. The Labute approximate surface area is 926 Å². The lowest BCUT2D eigenvalue weighted by Crippen LogP contribution is -2.10. The molecule has 0 heterocycles. The van der Waals surface area contributed by atoms with E-state index in [0.717, 1.165) is 132 Å². The third-order valence-corrected chi connectivity index (χ3v) is 30.4. The van der Waals surface area contributed by atoms with Gasteiger partial charge in [0.1, 0.15) is 19.8 Å². The van der Waals surface area contributed by atoms with E-state index in [0.29, 0.717) is 111 Å². The van der Waals surface area contributed by atoms with Crippen molar-refractivity contribution in [3.8, 4) is 69.0 Å². The quantitative estimate of drug-likeness (QED) is 0.0418. The van der Waals surface area contributed by atoms with Gasteiger partial charge in [-0.25, -0.2) is 4.79 Å². The first kappa shape index (κ1) is 136. The minimum Gasteiger partial charge on any atom is -0.490 e. The van der Waals surface area contributed by atoms with Crippen LogP contribution in [0.3, 0.4) is 0 Å². The van der Waals surface area contributed by atoms with Crippen molar-refractivity contribution in [2.45, 2.75) is 660 Å². The van der Waals surface area contributed by atoms with Crippen molar-refractivity contribution in [2.75, 3.05) is 59.5 Å². The van der Waals surface area contributed by atoms with Gasteiger partial charge in [0.25, 0.3) is 0 Å². The fourth-order valence-electron chi connectivity index (χ4n) is 20.7. The normalized spacial score (nSPS) is 11.5. The molecule has 1 N–H and O–H groups in total. The van der Waals surface area contributed by atoms with Crippen LogP contribution in [0.15, 0.2) is 48.5 Å². The van der Waals surface area contributed by atoms with Gasteiger partial charge in [0.05, 0.1) is 65.0 Å². The maximum atomic E-state index is 14.1. The Kier molecular flexibility index (Phi) is 93.8. The van der Waals surface area contributed by atoms with Crippen molar-refractivity contribution in [1.29, 1.82) is 0 Å². The fraction of sp³-hybridized carbons (Fsp3) is 0.816. The van der Waals surface area contributed by atoms with Gasteiger partial charge < -0.3 is 61.9 Å². The SMILES string of the molecule is CCCCCCCCCCCCOc1cc(COc2cc(C(=O)O)cc(OCc3cc(OCCCCCCCCCCCC)c(OCCCCCCCCCCCC)c(OCCCCCCCCCCCC)c3)c2OCc2cc(OCCCCCCCCCCCC)c(OCCCCCCCCCCCC)c(OCCCCCCCCCCCC)c2)cc(OCCCCCCCCCCCC)c1OCCCCCCCCCCCC. The predicted octanol–water partition coefficient (Wildman–Crippen LogP) is 44.8. The fourth-order valence-corrected chi connectivity index (χ4v) is 20.7. The standard InChI is InChI=1S/C136H240O14/c1-10-19-28-37-46-55-64-73-82-91-100-139-124-109-120(110-125(140-101-92-83-74-65-56-47-38-29-20-11-2)132(124)145-106-97-88-79-70-61-52-43-34-25-16-7)117-148-130-115-123(136(137)138)116-131(149-118-121-111-126(141-102-93-84-75-66-57-48-39-30-21-12-3)133(146-107-98-89-80-71-62-53-44-35-26-17-8)127(112-121)142-103-94-85-76-67-58-49-40-31-22-13-4)135(130)150-119-122-113-128(143-104-95-86-77-68-59-50-41-32-23-14-5)134(147-108-99-90-81-72-63-54-45-36-27-18-9)129(114-122)144-105-96-87-78-69-60-51-42-33-24-15-6/h109-116H,10-108,117-119H2,1-9H3,(H,137,138). The van der Waals surface area contributed by atoms with Crippen LogP contribution in [0.4, 0.5) is 0 Å². The zero-order chi connectivity index (χ0) is 107. The first-order valence-corrected chi connectivity index (χ1v) is 65.6. The van der Waals surface area contributed by atoms with Crippen LogP contribution in [0.25, 0.3) is 0 Å². The third-order valence-electron chi connectivity index (χ3n) is 30.4. The van der Waals surface area contributed by atoms with Crippen LogP contribution in [-0.2, 0) is 19.8 Å². The summed E-state index contributed by atoms with van der Waals surface area (Å²) < 4.78 is 85.2. The molecule has 0 saturated carbocycles. The summed E-state index contributed by atoms with van der Waals surface area (Å²) in [5.41, 5.74) is 2.38. The van der Waals surface area contributed by atoms with E-state index in [9.17, 15) is 9.90 Å². The second kappa shape index (κ2) is 103. The van der Waals surface area contributed by atoms with Gasteiger partial charge in [0.15, 0.2) is 46.0 Å². The molecule has 868 valence electrons. The van der Waals surface area contributed by atoms with E-state index in [1.807, 2.05) is 0 Å². The van der Waals surface area contributed by atoms with Crippen LogP contribution in [0.2, 0.25) is 0 Å². The van der Waals surface area contributed by atoms with Crippen LogP contribution < -0.4 is 56.8 Å². The second-order valence-corrected chi connectivity index (χ2v) is 45.0. The molecule has 0 aromatic heterocycles. The predicted molar refractivity (Wildman–Crippen MR) is 642 cm³/mol. The zero-order valence-corrected chi connectivity index (χ0v) is 100.0. The zero-order valence-electron chi connectivity index (χ0n) is 100.0. The highest BCUT2D eigenvalue weighted by Crippen LogP contribution is 2.47. The van der Waals surface area contributed by atoms with E-state index in [-0.39, 0.29) is 42.6 Å². The molecule has 0 aliphatic heterocycles. The number of carboxylic acid groups (broad SMARTS) is 1. The van der Waals surface area contributed by atoms with Crippen molar-refractivity contribution in [3.63, 3.8) is 0 Å². The smallest absolute Gasteiger partial charge is 0.335 e. The van der Waals surface area contributed by atoms with Crippen molar-refractivity contribution >= 4 is 5.97 Å². The lowest BCUT2D eigenvalue weighted by Gasteiger charge is -2.22. The number of unbranched alkanes of at least 4 members (excludes halogenated alkanes) is 81.